The zero-order valence-electron chi connectivity index (χ0n) is 11.7. The molecule has 0 aliphatic rings. The number of rotatable bonds is 4. The number of halogens is 4. The molecule has 1 unspecified atom stereocenters. The van der Waals surface area contributed by atoms with Crippen LogP contribution in [-0.4, -0.2) is 17.3 Å². The Morgan fingerprint density at radius 2 is 1.61 bits per heavy atom. The van der Waals surface area contributed by atoms with Crippen LogP contribution in [0.3, 0.4) is 0 Å². The maximum Gasteiger partial charge on any atom is 0.422 e. The number of hydrogen-bond acceptors (Lipinski definition) is 3. The van der Waals surface area contributed by atoms with Gasteiger partial charge in [0.05, 0.1) is 6.42 Å². The number of benzene rings is 2. The normalized spacial score (nSPS) is 14.1. The van der Waals surface area contributed by atoms with Crippen molar-refractivity contribution in [1.82, 2.24) is 0 Å². The number of hydrogen-bond donors (Lipinski definition) is 1. The van der Waals surface area contributed by atoms with Crippen molar-refractivity contribution in [2.24, 2.45) is 0 Å². The van der Waals surface area contributed by atoms with Gasteiger partial charge in [-0.25, -0.2) is 0 Å². The van der Waals surface area contributed by atoms with Crippen molar-refractivity contribution >= 4 is 17.6 Å². The van der Waals surface area contributed by atoms with Crippen LogP contribution < -0.4 is 4.74 Å². The zero-order valence-corrected chi connectivity index (χ0v) is 12.4. The second-order valence-corrected chi connectivity index (χ2v) is 5.21. The van der Waals surface area contributed by atoms with Gasteiger partial charge in [0.2, 0.25) is 0 Å². The van der Waals surface area contributed by atoms with Gasteiger partial charge >= 0.3 is 12.1 Å². The predicted molar refractivity (Wildman–Crippen MR) is 78.1 cm³/mol. The van der Waals surface area contributed by atoms with E-state index in [1.165, 1.54) is 30.3 Å². The third kappa shape index (κ3) is 3.83. The Bertz CT molecular complexity index is 688. The Balaban J connectivity index is 2.30. The summed E-state index contributed by atoms with van der Waals surface area (Å²) in [6, 6.07) is 12.6. The van der Waals surface area contributed by atoms with Crippen LogP contribution in [0.2, 0.25) is 5.02 Å². The second-order valence-electron chi connectivity index (χ2n) is 4.80. The molecule has 0 fully saturated rings. The highest BCUT2D eigenvalue weighted by molar-refractivity contribution is 6.31. The van der Waals surface area contributed by atoms with Crippen molar-refractivity contribution in [3.8, 4) is 5.75 Å². The summed E-state index contributed by atoms with van der Waals surface area (Å²) in [5.41, 5.74) is -4.03. The Kier molecular flexibility index (Phi) is 4.97. The van der Waals surface area contributed by atoms with Gasteiger partial charge in [0.25, 0.3) is 0 Å². The zero-order chi connectivity index (χ0) is 17.1. The molecule has 0 aliphatic heterocycles. The number of ether oxygens (including phenoxy) is 1. The number of carbonyl (C=O) groups is 1. The van der Waals surface area contributed by atoms with Crippen LogP contribution in [0, 0.1) is 0 Å². The Hall–Kier alpha value is -2.05. The monoisotopic (exact) mass is 344 g/mol. The van der Waals surface area contributed by atoms with Crippen LogP contribution in [-0.2, 0) is 10.4 Å². The van der Waals surface area contributed by atoms with Gasteiger partial charge in [0.15, 0.2) is 5.60 Å². The van der Waals surface area contributed by atoms with E-state index in [-0.39, 0.29) is 10.8 Å². The lowest BCUT2D eigenvalue weighted by Crippen LogP contribution is -2.45. The summed E-state index contributed by atoms with van der Waals surface area (Å²) >= 11 is 5.75. The highest BCUT2D eigenvalue weighted by atomic mass is 35.5. The van der Waals surface area contributed by atoms with Gasteiger partial charge in [-0.15, -0.1) is 0 Å². The van der Waals surface area contributed by atoms with Crippen molar-refractivity contribution in [2.45, 2.75) is 18.2 Å². The lowest BCUT2D eigenvalue weighted by atomic mass is 9.89. The second kappa shape index (κ2) is 6.60. The molecule has 2 aromatic carbocycles. The smallest absolute Gasteiger partial charge is 0.422 e. The third-order valence-electron chi connectivity index (χ3n) is 3.16. The summed E-state index contributed by atoms with van der Waals surface area (Å²) in [5, 5.41) is 9.85. The van der Waals surface area contributed by atoms with Crippen LogP contribution in [0.15, 0.2) is 54.6 Å². The summed E-state index contributed by atoms with van der Waals surface area (Å²) in [7, 11) is 0. The van der Waals surface area contributed by atoms with Gasteiger partial charge in [-0.2, -0.15) is 13.2 Å². The summed E-state index contributed by atoms with van der Waals surface area (Å²) in [6.45, 7) is 0. The average molecular weight is 345 g/mol. The molecule has 1 atom stereocenters. The number of alkyl halides is 3. The molecule has 1 N–H and O–H groups in total. The van der Waals surface area contributed by atoms with Crippen LogP contribution in [0.4, 0.5) is 13.2 Å². The number of para-hydroxylation sites is 1. The molecule has 0 aromatic heterocycles. The maximum atomic E-state index is 13.4. The van der Waals surface area contributed by atoms with E-state index < -0.39 is 29.7 Å². The number of aliphatic hydroxyl groups is 1. The first-order chi connectivity index (χ1) is 10.7. The first-order valence-electron chi connectivity index (χ1n) is 6.54. The summed E-state index contributed by atoms with van der Waals surface area (Å²) in [5.74, 6) is -1.14. The minimum absolute atomic E-state index is 0.0844. The summed E-state index contributed by atoms with van der Waals surface area (Å²) in [4.78, 5) is 11.8. The molecule has 3 nitrogen and oxygen atoms in total. The molecule has 2 aromatic rings. The van der Waals surface area contributed by atoms with E-state index in [1.54, 1.807) is 18.2 Å². The fourth-order valence-electron chi connectivity index (χ4n) is 2.01. The topological polar surface area (TPSA) is 46.5 Å². The van der Waals surface area contributed by atoms with Gasteiger partial charge in [-0.1, -0.05) is 48.0 Å². The lowest BCUT2D eigenvalue weighted by molar-refractivity contribution is -0.268. The molecule has 0 saturated carbocycles. The number of esters is 1. The highest BCUT2D eigenvalue weighted by Crippen LogP contribution is 2.44. The molecule has 0 saturated heterocycles. The molecule has 0 radical (unpaired) electrons. The predicted octanol–water partition coefficient (Wildman–Crippen LogP) is 4.09. The van der Waals surface area contributed by atoms with Crippen molar-refractivity contribution in [1.29, 1.82) is 0 Å². The first kappa shape index (κ1) is 17.3. The summed E-state index contributed by atoms with van der Waals surface area (Å²) < 4.78 is 44.9. The molecule has 0 heterocycles. The molecular weight excluding hydrogens is 333 g/mol. The van der Waals surface area contributed by atoms with Crippen LogP contribution in [0.1, 0.15) is 12.0 Å². The van der Waals surface area contributed by atoms with Crippen molar-refractivity contribution < 1.29 is 27.8 Å². The first-order valence-corrected chi connectivity index (χ1v) is 6.92. The molecule has 7 heteroatoms. The van der Waals surface area contributed by atoms with Crippen LogP contribution in [0.25, 0.3) is 0 Å². The van der Waals surface area contributed by atoms with E-state index in [0.717, 1.165) is 6.07 Å². The Morgan fingerprint density at radius 3 is 2.17 bits per heavy atom. The van der Waals surface area contributed by atoms with Crippen LogP contribution in [0.5, 0.6) is 5.75 Å². The lowest BCUT2D eigenvalue weighted by Gasteiger charge is -2.30. The van der Waals surface area contributed by atoms with E-state index in [9.17, 15) is 23.1 Å². The molecule has 0 spiro atoms. The Labute approximate surface area is 135 Å². The highest BCUT2D eigenvalue weighted by Gasteiger charge is 2.57. The van der Waals surface area contributed by atoms with E-state index >= 15 is 0 Å². The van der Waals surface area contributed by atoms with Crippen molar-refractivity contribution in [3.05, 3.63) is 65.2 Å². The minimum Gasteiger partial charge on any atom is -0.426 e. The maximum absolute atomic E-state index is 13.4. The van der Waals surface area contributed by atoms with Crippen molar-refractivity contribution in [2.75, 3.05) is 0 Å². The molecular formula is C16H12ClF3O3. The number of carbonyl (C=O) groups excluding carboxylic acids is 1. The van der Waals surface area contributed by atoms with Gasteiger partial charge in [0.1, 0.15) is 5.75 Å². The average Bonchev–Trinajstić information content (AvgIpc) is 2.47. The van der Waals surface area contributed by atoms with Gasteiger partial charge in [-0.05, 0) is 18.2 Å². The summed E-state index contributed by atoms with van der Waals surface area (Å²) in [6.07, 6.45) is -6.41. The largest absolute Gasteiger partial charge is 0.426 e. The third-order valence-corrected chi connectivity index (χ3v) is 3.49. The van der Waals surface area contributed by atoms with Gasteiger partial charge in [0, 0.05) is 10.6 Å². The van der Waals surface area contributed by atoms with E-state index in [2.05, 4.69) is 0 Å². The molecule has 0 bridgehead atoms. The van der Waals surface area contributed by atoms with Gasteiger partial charge in [-0.3, -0.25) is 4.79 Å². The molecule has 2 rings (SSSR count). The van der Waals surface area contributed by atoms with Crippen molar-refractivity contribution in [3.63, 3.8) is 0 Å². The standard InChI is InChI=1S/C16H12ClF3O3/c17-13-9-5-4-8-12(13)15(22,16(18,19)20)10-14(21)23-11-6-2-1-3-7-11/h1-9,22H,10H2. The SMILES string of the molecule is O=C(CC(O)(c1ccccc1Cl)C(F)(F)F)Oc1ccccc1. The fraction of sp³-hybridized carbons (Fsp3) is 0.188. The van der Waals surface area contributed by atoms with Crippen LogP contribution >= 0.6 is 11.6 Å². The quantitative estimate of drug-likeness (QED) is 0.671. The minimum atomic E-state index is -5.10. The van der Waals surface area contributed by atoms with E-state index in [0.29, 0.717) is 0 Å². The Morgan fingerprint density at radius 1 is 1.04 bits per heavy atom. The van der Waals surface area contributed by atoms with Gasteiger partial charge < -0.3 is 9.84 Å². The molecule has 0 amide bonds. The van der Waals surface area contributed by atoms with E-state index in [1.807, 2.05) is 0 Å². The molecule has 0 aliphatic carbocycles. The molecule has 122 valence electrons. The van der Waals surface area contributed by atoms with E-state index in [4.69, 9.17) is 16.3 Å². The molecule has 23 heavy (non-hydrogen) atoms. The fourth-order valence-corrected chi connectivity index (χ4v) is 2.30.